The zero-order valence-electron chi connectivity index (χ0n) is 15.8. The van der Waals surface area contributed by atoms with E-state index in [0.29, 0.717) is 30.2 Å². The SMILES string of the molecule is COc1cccc(CNC[C@H](O)c2ccccc2)c1OCc1ccccc1F. The van der Waals surface area contributed by atoms with E-state index in [9.17, 15) is 9.50 Å². The smallest absolute Gasteiger partial charge is 0.166 e. The fraction of sp³-hybridized carbons (Fsp3) is 0.217. The number of benzene rings is 3. The Labute approximate surface area is 164 Å². The molecule has 0 amide bonds. The Morgan fingerprint density at radius 1 is 0.929 bits per heavy atom. The molecule has 0 radical (unpaired) electrons. The van der Waals surface area contributed by atoms with Gasteiger partial charge in [-0.2, -0.15) is 0 Å². The van der Waals surface area contributed by atoms with Crippen molar-refractivity contribution in [3.8, 4) is 11.5 Å². The molecule has 3 rings (SSSR count). The number of methoxy groups -OCH3 is 1. The summed E-state index contributed by atoms with van der Waals surface area (Å²) < 4.78 is 25.2. The monoisotopic (exact) mass is 381 g/mol. The molecule has 0 heterocycles. The highest BCUT2D eigenvalue weighted by atomic mass is 19.1. The fourth-order valence-electron chi connectivity index (χ4n) is 2.93. The maximum atomic E-state index is 13.9. The maximum Gasteiger partial charge on any atom is 0.166 e. The van der Waals surface area contributed by atoms with Crippen LogP contribution < -0.4 is 14.8 Å². The van der Waals surface area contributed by atoms with Crippen molar-refractivity contribution >= 4 is 0 Å². The lowest BCUT2D eigenvalue weighted by Crippen LogP contribution is -2.21. The summed E-state index contributed by atoms with van der Waals surface area (Å²) in [6, 6.07) is 21.6. The molecule has 0 bridgehead atoms. The number of aliphatic hydroxyl groups excluding tert-OH is 1. The normalized spacial score (nSPS) is 11.8. The molecule has 4 nitrogen and oxygen atoms in total. The van der Waals surface area contributed by atoms with Crippen molar-refractivity contribution in [1.29, 1.82) is 0 Å². The molecule has 28 heavy (non-hydrogen) atoms. The second-order valence-electron chi connectivity index (χ2n) is 6.39. The van der Waals surface area contributed by atoms with Crippen LogP contribution in [0.1, 0.15) is 22.8 Å². The van der Waals surface area contributed by atoms with Crippen molar-refractivity contribution in [2.75, 3.05) is 13.7 Å². The minimum absolute atomic E-state index is 0.104. The van der Waals surface area contributed by atoms with Crippen molar-refractivity contribution in [3.05, 3.63) is 95.3 Å². The quantitative estimate of drug-likeness (QED) is 0.582. The van der Waals surface area contributed by atoms with Gasteiger partial charge in [-0.15, -0.1) is 0 Å². The van der Waals surface area contributed by atoms with Gasteiger partial charge in [-0.1, -0.05) is 60.7 Å². The van der Waals surface area contributed by atoms with Crippen LogP contribution in [0.25, 0.3) is 0 Å². The predicted molar refractivity (Wildman–Crippen MR) is 107 cm³/mol. The Morgan fingerprint density at radius 2 is 1.64 bits per heavy atom. The summed E-state index contributed by atoms with van der Waals surface area (Å²) in [6.45, 7) is 0.981. The molecule has 2 N–H and O–H groups in total. The maximum absolute atomic E-state index is 13.9. The number of hydrogen-bond donors (Lipinski definition) is 2. The molecule has 3 aromatic carbocycles. The van der Waals surface area contributed by atoms with Crippen LogP contribution in [0.2, 0.25) is 0 Å². The summed E-state index contributed by atoms with van der Waals surface area (Å²) >= 11 is 0. The molecule has 146 valence electrons. The van der Waals surface area contributed by atoms with Crippen molar-refractivity contribution in [2.24, 2.45) is 0 Å². The highest BCUT2D eigenvalue weighted by molar-refractivity contribution is 5.46. The molecule has 3 aromatic rings. The van der Waals surface area contributed by atoms with E-state index in [0.717, 1.165) is 11.1 Å². The van der Waals surface area contributed by atoms with E-state index in [-0.39, 0.29) is 12.4 Å². The zero-order chi connectivity index (χ0) is 19.8. The van der Waals surface area contributed by atoms with Crippen LogP contribution in [0, 0.1) is 5.82 Å². The van der Waals surface area contributed by atoms with E-state index in [1.165, 1.54) is 6.07 Å². The minimum atomic E-state index is -0.602. The van der Waals surface area contributed by atoms with Gasteiger partial charge in [0.15, 0.2) is 11.5 Å². The lowest BCUT2D eigenvalue weighted by molar-refractivity contribution is 0.174. The average Bonchev–Trinajstić information content (AvgIpc) is 2.74. The van der Waals surface area contributed by atoms with Crippen molar-refractivity contribution < 1.29 is 19.0 Å². The Kier molecular flexibility index (Phi) is 7.00. The van der Waals surface area contributed by atoms with Crippen molar-refractivity contribution in [1.82, 2.24) is 5.32 Å². The summed E-state index contributed by atoms with van der Waals surface area (Å²) in [5, 5.41) is 13.5. The standard InChI is InChI=1S/C23H24FNO3/c1-27-22-13-7-11-18(14-25-15-21(26)17-8-3-2-4-9-17)23(22)28-16-19-10-5-6-12-20(19)24/h2-13,21,25-26H,14-16H2,1H3/t21-/m0/s1. The number of ether oxygens (including phenoxy) is 2. The number of halogens is 1. The molecule has 0 fully saturated rings. The van der Waals surface area contributed by atoms with Gasteiger partial charge >= 0.3 is 0 Å². The lowest BCUT2D eigenvalue weighted by Gasteiger charge is -2.17. The minimum Gasteiger partial charge on any atom is -0.493 e. The molecule has 0 unspecified atom stereocenters. The molecular formula is C23H24FNO3. The number of nitrogens with one attached hydrogen (secondary N) is 1. The van der Waals surface area contributed by atoms with Crippen LogP contribution in [0.3, 0.4) is 0 Å². The van der Waals surface area contributed by atoms with Gasteiger partial charge in [0.25, 0.3) is 0 Å². The van der Waals surface area contributed by atoms with E-state index in [2.05, 4.69) is 5.32 Å². The van der Waals surface area contributed by atoms with E-state index >= 15 is 0 Å². The first-order chi connectivity index (χ1) is 13.7. The molecule has 0 aromatic heterocycles. The molecule has 5 heteroatoms. The van der Waals surface area contributed by atoms with Crippen LogP contribution in [0.4, 0.5) is 4.39 Å². The summed E-state index contributed by atoms with van der Waals surface area (Å²) in [5.74, 6) is 0.845. The molecule has 0 spiro atoms. The summed E-state index contributed by atoms with van der Waals surface area (Å²) in [6.07, 6.45) is -0.602. The molecule has 0 aliphatic heterocycles. The van der Waals surface area contributed by atoms with Gasteiger partial charge in [-0.3, -0.25) is 0 Å². The highest BCUT2D eigenvalue weighted by Crippen LogP contribution is 2.32. The van der Waals surface area contributed by atoms with Gasteiger partial charge in [-0.25, -0.2) is 4.39 Å². The molecule has 1 atom stereocenters. The second kappa shape index (κ2) is 9.88. The van der Waals surface area contributed by atoms with Crippen LogP contribution in [0.5, 0.6) is 11.5 Å². The van der Waals surface area contributed by atoms with Crippen LogP contribution in [-0.2, 0) is 13.2 Å². The van der Waals surface area contributed by atoms with Crippen LogP contribution in [-0.4, -0.2) is 18.8 Å². The Hall–Kier alpha value is -2.89. The van der Waals surface area contributed by atoms with E-state index in [4.69, 9.17) is 9.47 Å². The van der Waals surface area contributed by atoms with Gasteiger partial charge in [-0.05, 0) is 17.7 Å². The largest absolute Gasteiger partial charge is 0.493 e. The first-order valence-electron chi connectivity index (χ1n) is 9.15. The Bertz CT molecular complexity index is 886. The second-order valence-corrected chi connectivity index (χ2v) is 6.39. The van der Waals surface area contributed by atoms with Gasteiger partial charge in [0.2, 0.25) is 0 Å². The Morgan fingerprint density at radius 3 is 2.39 bits per heavy atom. The van der Waals surface area contributed by atoms with Crippen molar-refractivity contribution in [3.63, 3.8) is 0 Å². The van der Waals surface area contributed by atoms with Crippen LogP contribution >= 0.6 is 0 Å². The molecule has 0 aliphatic rings. The predicted octanol–water partition coefficient (Wildman–Crippen LogP) is 4.24. The third kappa shape index (κ3) is 5.09. The van der Waals surface area contributed by atoms with E-state index in [1.54, 1.807) is 31.4 Å². The molecule has 0 aliphatic carbocycles. The third-order valence-electron chi connectivity index (χ3n) is 4.45. The van der Waals surface area contributed by atoms with Crippen molar-refractivity contribution in [2.45, 2.75) is 19.3 Å². The lowest BCUT2D eigenvalue weighted by atomic mass is 10.1. The molecule has 0 saturated heterocycles. The highest BCUT2D eigenvalue weighted by Gasteiger charge is 2.13. The number of aliphatic hydroxyl groups is 1. The average molecular weight is 381 g/mol. The number of rotatable bonds is 9. The zero-order valence-corrected chi connectivity index (χ0v) is 15.8. The van der Waals surface area contributed by atoms with Gasteiger partial charge in [0.1, 0.15) is 12.4 Å². The van der Waals surface area contributed by atoms with E-state index in [1.807, 2.05) is 42.5 Å². The first kappa shape index (κ1) is 19.9. The van der Waals surface area contributed by atoms with Gasteiger partial charge < -0.3 is 19.9 Å². The van der Waals surface area contributed by atoms with Gasteiger partial charge in [0, 0.05) is 24.2 Å². The fourth-order valence-corrected chi connectivity index (χ4v) is 2.93. The number of hydrogen-bond acceptors (Lipinski definition) is 4. The van der Waals surface area contributed by atoms with E-state index < -0.39 is 6.10 Å². The molecular weight excluding hydrogens is 357 g/mol. The summed E-state index contributed by atoms with van der Waals surface area (Å²) in [7, 11) is 1.57. The topological polar surface area (TPSA) is 50.7 Å². The molecule has 0 saturated carbocycles. The Balaban J connectivity index is 1.66. The van der Waals surface area contributed by atoms with Gasteiger partial charge in [0.05, 0.1) is 13.2 Å². The first-order valence-corrected chi connectivity index (χ1v) is 9.15. The summed E-state index contributed by atoms with van der Waals surface area (Å²) in [4.78, 5) is 0. The number of para-hydroxylation sites is 1. The third-order valence-corrected chi connectivity index (χ3v) is 4.45. The summed E-state index contributed by atoms with van der Waals surface area (Å²) in [5.41, 5.74) is 2.21. The van der Waals surface area contributed by atoms with Crippen LogP contribution in [0.15, 0.2) is 72.8 Å².